The van der Waals surface area contributed by atoms with Crippen LogP contribution in [0.25, 0.3) is 22.4 Å². The maximum atomic E-state index is 10.9. The molecule has 7 nitrogen and oxygen atoms in total. The molecular weight excluding hydrogens is 370 g/mol. The van der Waals surface area contributed by atoms with Gasteiger partial charge < -0.3 is 14.3 Å². The Morgan fingerprint density at radius 3 is 2.79 bits per heavy atom. The van der Waals surface area contributed by atoms with Gasteiger partial charge in [-0.05, 0) is 44.0 Å². The van der Waals surface area contributed by atoms with Crippen LogP contribution in [-0.2, 0) is 17.8 Å². The number of carboxylic acids is 1. The van der Waals surface area contributed by atoms with E-state index in [2.05, 4.69) is 10.1 Å². The number of aromatic nitrogens is 3. The van der Waals surface area contributed by atoms with Gasteiger partial charge >= 0.3 is 5.97 Å². The second-order valence-corrected chi connectivity index (χ2v) is 6.75. The predicted octanol–water partition coefficient (Wildman–Crippen LogP) is 4.10. The molecule has 0 saturated carbocycles. The SMILES string of the molecule is Cc1oc(-c2ccccc2)nc1CCCOc1cccc2nn(CC(=O)O)cc12. The number of hydrogen-bond donors (Lipinski definition) is 1. The van der Waals surface area contributed by atoms with Crippen LogP contribution in [0.5, 0.6) is 5.75 Å². The normalized spacial score (nSPS) is 11.1. The lowest BCUT2D eigenvalue weighted by atomic mass is 10.2. The van der Waals surface area contributed by atoms with Gasteiger partial charge in [0.1, 0.15) is 18.1 Å². The van der Waals surface area contributed by atoms with Crippen LogP contribution in [0.15, 0.2) is 59.1 Å². The molecule has 0 fully saturated rings. The Labute approximate surface area is 167 Å². The number of ether oxygens (including phenoxy) is 1. The van der Waals surface area contributed by atoms with E-state index in [4.69, 9.17) is 14.3 Å². The average Bonchev–Trinajstić information content (AvgIpc) is 3.28. The lowest BCUT2D eigenvalue weighted by molar-refractivity contribution is -0.137. The predicted molar refractivity (Wildman–Crippen MR) is 108 cm³/mol. The van der Waals surface area contributed by atoms with Crippen LogP contribution < -0.4 is 4.74 Å². The van der Waals surface area contributed by atoms with Crippen LogP contribution in [0.3, 0.4) is 0 Å². The molecule has 0 aliphatic rings. The number of benzene rings is 2. The van der Waals surface area contributed by atoms with Gasteiger partial charge in [0.15, 0.2) is 0 Å². The zero-order chi connectivity index (χ0) is 20.2. The maximum Gasteiger partial charge on any atom is 0.325 e. The van der Waals surface area contributed by atoms with Crippen molar-refractivity contribution in [2.24, 2.45) is 0 Å². The molecule has 0 bridgehead atoms. The van der Waals surface area contributed by atoms with Crippen LogP contribution in [0.2, 0.25) is 0 Å². The van der Waals surface area contributed by atoms with Gasteiger partial charge in [-0.2, -0.15) is 5.10 Å². The van der Waals surface area contributed by atoms with E-state index in [-0.39, 0.29) is 6.54 Å². The molecule has 148 valence electrons. The van der Waals surface area contributed by atoms with E-state index in [0.717, 1.165) is 35.2 Å². The number of hydrogen-bond acceptors (Lipinski definition) is 5. The molecule has 7 heteroatoms. The first kappa shape index (κ1) is 18.7. The number of rotatable bonds is 8. The van der Waals surface area contributed by atoms with Gasteiger partial charge in [-0.25, -0.2) is 4.98 Å². The fraction of sp³-hybridized carbons (Fsp3) is 0.227. The molecule has 0 aliphatic carbocycles. The van der Waals surface area contributed by atoms with Gasteiger partial charge in [-0.1, -0.05) is 24.3 Å². The molecule has 29 heavy (non-hydrogen) atoms. The van der Waals surface area contributed by atoms with E-state index < -0.39 is 5.97 Å². The third-order valence-corrected chi connectivity index (χ3v) is 4.58. The molecule has 0 radical (unpaired) electrons. The molecule has 0 spiro atoms. The topological polar surface area (TPSA) is 90.4 Å². The number of aryl methyl sites for hydroxylation is 2. The number of nitrogens with zero attached hydrogens (tertiary/aromatic N) is 3. The highest BCUT2D eigenvalue weighted by Gasteiger charge is 2.12. The largest absolute Gasteiger partial charge is 0.493 e. The summed E-state index contributed by atoms with van der Waals surface area (Å²) in [6.07, 6.45) is 3.23. The summed E-state index contributed by atoms with van der Waals surface area (Å²) in [6, 6.07) is 15.4. The summed E-state index contributed by atoms with van der Waals surface area (Å²) >= 11 is 0. The molecule has 0 unspecified atom stereocenters. The number of carboxylic acid groups (broad SMARTS) is 1. The Morgan fingerprint density at radius 1 is 1.17 bits per heavy atom. The van der Waals surface area contributed by atoms with Gasteiger partial charge in [-0.3, -0.25) is 9.48 Å². The van der Waals surface area contributed by atoms with Crippen molar-refractivity contribution in [1.82, 2.24) is 14.8 Å². The minimum absolute atomic E-state index is 0.177. The van der Waals surface area contributed by atoms with Crippen molar-refractivity contribution in [2.45, 2.75) is 26.3 Å². The Bertz CT molecular complexity index is 1130. The van der Waals surface area contributed by atoms with Gasteiger partial charge in [0, 0.05) is 11.8 Å². The van der Waals surface area contributed by atoms with E-state index in [1.165, 1.54) is 4.68 Å². The summed E-state index contributed by atoms with van der Waals surface area (Å²) in [7, 11) is 0. The van der Waals surface area contributed by atoms with Gasteiger partial charge in [0.2, 0.25) is 5.89 Å². The van der Waals surface area contributed by atoms with Gasteiger partial charge in [0.25, 0.3) is 0 Å². The van der Waals surface area contributed by atoms with E-state index in [1.54, 1.807) is 6.20 Å². The Balaban J connectivity index is 1.38. The first-order chi connectivity index (χ1) is 14.1. The second kappa shape index (κ2) is 8.18. The van der Waals surface area contributed by atoms with E-state index in [9.17, 15) is 4.79 Å². The van der Waals surface area contributed by atoms with E-state index >= 15 is 0 Å². The number of aliphatic carboxylic acids is 1. The third-order valence-electron chi connectivity index (χ3n) is 4.58. The van der Waals surface area contributed by atoms with Crippen molar-refractivity contribution in [1.29, 1.82) is 0 Å². The average molecular weight is 391 g/mol. The molecule has 2 heterocycles. The first-order valence-corrected chi connectivity index (χ1v) is 9.42. The van der Waals surface area contributed by atoms with Crippen molar-refractivity contribution in [2.75, 3.05) is 6.61 Å². The molecule has 0 aliphatic heterocycles. The van der Waals surface area contributed by atoms with E-state index in [0.29, 0.717) is 23.8 Å². The summed E-state index contributed by atoms with van der Waals surface area (Å²) in [5.74, 6) is 1.22. The Hall–Kier alpha value is -3.61. The number of carbonyl (C=O) groups is 1. The molecule has 0 atom stereocenters. The first-order valence-electron chi connectivity index (χ1n) is 9.42. The fourth-order valence-corrected chi connectivity index (χ4v) is 3.20. The lowest BCUT2D eigenvalue weighted by Gasteiger charge is -2.06. The lowest BCUT2D eigenvalue weighted by Crippen LogP contribution is -2.08. The van der Waals surface area contributed by atoms with Crippen LogP contribution >= 0.6 is 0 Å². The highest BCUT2D eigenvalue weighted by Crippen LogP contribution is 2.25. The Kier molecular flexibility index (Phi) is 5.29. The van der Waals surface area contributed by atoms with Crippen LogP contribution in [0.4, 0.5) is 0 Å². The maximum absolute atomic E-state index is 10.9. The molecule has 1 N–H and O–H groups in total. The smallest absolute Gasteiger partial charge is 0.325 e. The quantitative estimate of drug-likeness (QED) is 0.455. The highest BCUT2D eigenvalue weighted by atomic mass is 16.5. The minimum atomic E-state index is -0.932. The summed E-state index contributed by atoms with van der Waals surface area (Å²) in [6.45, 7) is 2.26. The van der Waals surface area contributed by atoms with Crippen LogP contribution in [0.1, 0.15) is 17.9 Å². The number of fused-ring (bicyclic) bond motifs is 1. The van der Waals surface area contributed by atoms with Crippen molar-refractivity contribution in [3.05, 3.63) is 66.2 Å². The van der Waals surface area contributed by atoms with E-state index in [1.807, 2.05) is 55.5 Å². The van der Waals surface area contributed by atoms with Crippen LogP contribution in [-0.4, -0.2) is 32.4 Å². The second-order valence-electron chi connectivity index (χ2n) is 6.75. The Morgan fingerprint density at radius 2 is 2.00 bits per heavy atom. The molecule has 0 amide bonds. The van der Waals surface area contributed by atoms with Crippen molar-refractivity contribution in [3.63, 3.8) is 0 Å². The van der Waals surface area contributed by atoms with Crippen molar-refractivity contribution < 1.29 is 19.1 Å². The summed E-state index contributed by atoms with van der Waals surface area (Å²) < 4.78 is 13.1. The summed E-state index contributed by atoms with van der Waals surface area (Å²) in [5.41, 5.74) is 2.60. The molecule has 0 saturated heterocycles. The van der Waals surface area contributed by atoms with Gasteiger partial charge in [0.05, 0.1) is 23.2 Å². The van der Waals surface area contributed by atoms with Crippen LogP contribution in [0, 0.1) is 6.92 Å². The zero-order valence-electron chi connectivity index (χ0n) is 16.0. The third kappa shape index (κ3) is 4.29. The molecular formula is C22H21N3O4. The highest BCUT2D eigenvalue weighted by molar-refractivity contribution is 5.85. The summed E-state index contributed by atoms with van der Waals surface area (Å²) in [5, 5.41) is 14.0. The zero-order valence-corrected chi connectivity index (χ0v) is 16.0. The standard InChI is InChI=1S/C22H21N3O4/c1-15-18(23-22(29-15)16-7-3-2-4-8-16)10-6-12-28-20-11-5-9-19-17(20)13-25(24-19)14-21(26)27/h2-5,7-9,11,13H,6,10,12,14H2,1H3,(H,26,27). The monoisotopic (exact) mass is 391 g/mol. The summed E-state index contributed by atoms with van der Waals surface area (Å²) in [4.78, 5) is 15.5. The van der Waals surface area contributed by atoms with Gasteiger partial charge in [-0.15, -0.1) is 0 Å². The van der Waals surface area contributed by atoms with Crippen molar-refractivity contribution in [3.8, 4) is 17.2 Å². The molecule has 2 aromatic heterocycles. The molecule has 2 aromatic carbocycles. The fourth-order valence-electron chi connectivity index (χ4n) is 3.20. The van der Waals surface area contributed by atoms with Crippen molar-refractivity contribution >= 4 is 16.9 Å². The molecule has 4 rings (SSSR count). The minimum Gasteiger partial charge on any atom is -0.493 e. The molecule has 4 aromatic rings. The number of oxazole rings is 1.